The Morgan fingerprint density at radius 3 is 2.91 bits per heavy atom. The van der Waals surface area contributed by atoms with Gasteiger partial charge in [-0.3, -0.25) is 9.69 Å². The summed E-state index contributed by atoms with van der Waals surface area (Å²) in [5, 5.41) is 6.52. The van der Waals surface area contributed by atoms with Gasteiger partial charge >= 0.3 is 0 Å². The number of hydrogen-bond acceptors (Lipinski definition) is 5. The Kier molecular flexibility index (Phi) is 6.38. The molecule has 0 aliphatic heterocycles. The van der Waals surface area contributed by atoms with E-state index in [1.807, 2.05) is 17.3 Å². The van der Waals surface area contributed by atoms with Crippen molar-refractivity contribution in [3.8, 4) is 5.75 Å². The van der Waals surface area contributed by atoms with Gasteiger partial charge in [-0.05, 0) is 31.7 Å². The van der Waals surface area contributed by atoms with Crippen molar-refractivity contribution >= 4 is 34.5 Å². The van der Waals surface area contributed by atoms with E-state index in [4.69, 9.17) is 16.3 Å². The van der Waals surface area contributed by atoms with Crippen LogP contribution in [0.3, 0.4) is 0 Å². The van der Waals surface area contributed by atoms with Gasteiger partial charge in [-0.15, -0.1) is 11.3 Å². The van der Waals surface area contributed by atoms with Crippen LogP contribution in [0.5, 0.6) is 5.75 Å². The minimum absolute atomic E-state index is 0.126. The van der Waals surface area contributed by atoms with Crippen molar-refractivity contribution in [3.05, 3.63) is 39.3 Å². The molecule has 1 N–H and O–H groups in total. The molecule has 124 valence electrons. The van der Waals surface area contributed by atoms with E-state index >= 15 is 0 Å². The molecule has 1 heterocycles. The second kappa shape index (κ2) is 8.29. The Hall–Kier alpha value is -1.63. The maximum absolute atomic E-state index is 12.2. The molecule has 0 saturated heterocycles. The summed E-state index contributed by atoms with van der Waals surface area (Å²) in [7, 11) is 3.44. The molecule has 0 bridgehead atoms. The number of benzene rings is 1. The van der Waals surface area contributed by atoms with Crippen molar-refractivity contribution in [3.63, 3.8) is 0 Å². The van der Waals surface area contributed by atoms with Crippen LogP contribution in [0.2, 0.25) is 5.02 Å². The maximum atomic E-state index is 12.2. The first kappa shape index (κ1) is 17.7. The van der Waals surface area contributed by atoms with Gasteiger partial charge < -0.3 is 10.1 Å². The van der Waals surface area contributed by atoms with Crippen LogP contribution < -0.4 is 10.1 Å². The molecule has 0 unspecified atom stereocenters. The van der Waals surface area contributed by atoms with Gasteiger partial charge in [0.05, 0.1) is 30.0 Å². The van der Waals surface area contributed by atoms with Crippen LogP contribution in [-0.4, -0.2) is 36.5 Å². The zero-order valence-corrected chi connectivity index (χ0v) is 15.0. The number of carbonyl (C=O) groups excluding carboxylic acids is 1. The number of anilines is 1. The standard InChI is InChI=1S/C16H20ClN3O2S/c1-4-16-18-12(10-23-16)8-20(2)9-15(21)19-13-7-11(17)5-6-14(13)22-3/h5-7,10H,4,8-9H2,1-3H3,(H,19,21). The van der Waals surface area contributed by atoms with Gasteiger partial charge in [0.2, 0.25) is 5.91 Å². The van der Waals surface area contributed by atoms with E-state index < -0.39 is 0 Å². The largest absolute Gasteiger partial charge is 0.495 e. The number of nitrogens with one attached hydrogen (secondary N) is 1. The van der Waals surface area contributed by atoms with Crippen molar-refractivity contribution in [2.24, 2.45) is 0 Å². The number of halogens is 1. The SMILES string of the molecule is CCc1nc(CN(C)CC(=O)Nc2cc(Cl)ccc2OC)cs1. The maximum Gasteiger partial charge on any atom is 0.238 e. The number of thiazole rings is 1. The quantitative estimate of drug-likeness (QED) is 0.828. The summed E-state index contributed by atoms with van der Waals surface area (Å²) < 4.78 is 5.22. The third-order valence-electron chi connectivity index (χ3n) is 3.18. The van der Waals surface area contributed by atoms with Crippen LogP contribution in [0.4, 0.5) is 5.69 Å². The normalized spacial score (nSPS) is 10.8. The number of hydrogen-bond donors (Lipinski definition) is 1. The number of rotatable bonds is 7. The topological polar surface area (TPSA) is 54.5 Å². The Morgan fingerprint density at radius 2 is 2.26 bits per heavy atom. The fraction of sp³-hybridized carbons (Fsp3) is 0.375. The summed E-state index contributed by atoms with van der Waals surface area (Å²) in [6.07, 6.45) is 0.934. The lowest BCUT2D eigenvalue weighted by molar-refractivity contribution is -0.117. The Bertz CT molecular complexity index is 675. The van der Waals surface area contributed by atoms with E-state index in [0.29, 0.717) is 23.0 Å². The fourth-order valence-electron chi connectivity index (χ4n) is 2.13. The smallest absolute Gasteiger partial charge is 0.238 e. The minimum Gasteiger partial charge on any atom is -0.495 e. The van der Waals surface area contributed by atoms with Crippen molar-refractivity contribution in [2.75, 3.05) is 26.0 Å². The lowest BCUT2D eigenvalue weighted by Gasteiger charge is -2.16. The highest BCUT2D eigenvalue weighted by Gasteiger charge is 2.12. The van der Waals surface area contributed by atoms with Gasteiger partial charge in [0.1, 0.15) is 5.75 Å². The number of ether oxygens (including phenoxy) is 1. The lowest BCUT2D eigenvalue weighted by atomic mass is 10.3. The van der Waals surface area contributed by atoms with Crippen LogP contribution in [0.15, 0.2) is 23.6 Å². The van der Waals surface area contributed by atoms with E-state index in [-0.39, 0.29) is 12.5 Å². The molecule has 0 atom stereocenters. The summed E-state index contributed by atoms with van der Waals surface area (Å²) in [6.45, 7) is 2.98. The molecule has 0 fully saturated rings. The Morgan fingerprint density at radius 1 is 1.48 bits per heavy atom. The summed E-state index contributed by atoms with van der Waals surface area (Å²) in [5.74, 6) is 0.455. The van der Waals surface area contributed by atoms with Gasteiger partial charge in [-0.1, -0.05) is 18.5 Å². The summed E-state index contributed by atoms with van der Waals surface area (Å²) in [4.78, 5) is 18.6. The molecule has 0 saturated carbocycles. The Labute approximate surface area is 145 Å². The van der Waals surface area contributed by atoms with Gasteiger partial charge in [0.25, 0.3) is 0 Å². The van der Waals surface area contributed by atoms with Crippen LogP contribution in [0, 0.1) is 0 Å². The second-order valence-corrected chi connectivity index (χ2v) is 6.53. The van der Waals surface area contributed by atoms with E-state index in [1.54, 1.807) is 36.6 Å². The van der Waals surface area contributed by atoms with E-state index in [9.17, 15) is 4.79 Å². The van der Waals surface area contributed by atoms with E-state index in [2.05, 4.69) is 17.2 Å². The highest BCUT2D eigenvalue weighted by molar-refractivity contribution is 7.09. The molecule has 0 spiro atoms. The molecule has 5 nitrogen and oxygen atoms in total. The van der Waals surface area contributed by atoms with Gasteiger partial charge in [-0.2, -0.15) is 0 Å². The van der Waals surface area contributed by atoms with Crippen LogP contribution in [-0.2, 0) is 17.8 Å². The zero-order chi connectivity index (χ0) is 16.8. The predicted molar refractivity (Wildman–Crippen MR) is 94.5 cm³/mol. The van der Waals surface area contributed by atoms with Crippen molar-refractivity contribution < 1.29 is 9.53 Å². The summed E-state index contributed by atoms with van der Waals surface area (Å²) in [6, 6.07) is 5.12. The molecular weight excluding hydrogens is 334 g/mol. The predicted octanol–water partition coefficient (Wildman–Crippen LogP) is 3.44. The number of amides is 1. The molecule has 1 aromatic carbocycles. The lowest BCUT2D eigenvalue weighted by Crippen LogP contribution is -2.30. The summed E-state index contributed by atoms with van der Waals surface area (Å²) >= 11 is 7.61. The molecule has 0 radical (unpaired) electrons. The first-order valence-corrected chi connectivity index (χ1v) is 8.52. The third kappa shape index (κ3) is 5.20. The number of methoxy groups -OCH3 is 1. The molecule has 1 amide bonds. The number of aryl methyl sites for hydroxylation is 1. The van der Waals surface area contributed by atoms with Crippen molar-refractivity contribution in [2.45, 2.75) is 19.9 Å². The number of aromatic nitrogens is 1. The average molecular weight is 354 g/mol. The summed E-state index contributed by atoms with van der Waals surface area (Å²) in [5.41, 5.74) is 1.56. The van der Waals surface area contributed by atoms with Crippen LogP contribution in [0.1, 0.15) is 17.6 Å². The van der Waals surface area contributed by atoms with Gasteiger partial charge in [0, 0.05) is 16.9 Å². The fourth-order valence-corrected chi connectivity index (χ4v) is 3.04. The third-order valence-corrected chi connectivity index (χ3v) is 4.46. The highest BCUT2D eigenvalue weighted by atomic mass is 35.5. The van der Waals surface area contributed by atoms with Gasteiger partial charge in [-0.25, -0.2) is 4.98 Å². The molecule has 0 aliphatic rings. The molecule has 7 heteroatoms. The second-order valence-electron chi connectivity index (χ2n) is 5.15. The van der Waals surface area contributed by atoms with Gasteiger partial charge in [0.15, 0.2) is 0 Å². The van der Waals surface area contributed by atoms with Crippen LogP contribution >= 0.6 is 22.9 Å². The Balaban J connectivity index is 1.92. The highest BCUT2D eigenvalue weighted by Crippen LogP contribution is 2.27. The number of nitrogens with zero attached hydrogens (tertiary/aromatic N) is 2. The molecular formula is C16H20ClN3O2S. The first-order chi connectivity index (χ1) is 11.0. The minimum atomic E-state index is -0.126. The number of likely N-dealkylation sites (N-methyl/N-ethyl adjacent to an activating group) is 1. The molecule has 1 aromatic heterocycles. The zero-order valence-electron chi connectivity index (χ0n) is 13.4. The van der Waals surface area contributed by atoms with Crippen molar-refractivity contribution in [1.29, 1.82) is 0 Å². The molecule has 23 heavy (non-hydrogen) atoms. The molecule has 2 aromatic rings. The van der Waals surface area contributed by atoms with Crippen molar-refractivity contribution in [1.82, 2.24) is 9.88 Å². The van der Waals surface area contributed by atoms with E-state index in [1.165, 1.54) is 0 Å². The van der Waals surface area contributed by atoms with Crippen LogP contribution in [0.25, 0.3) is 0 Å². The van der Waals surface area contributed by atoms with E-state index in [0.717, 1.165) is 17.1 Å². The average Bonchev–Trinajstić information content (AvgIpc) is 2.94. The monoisotopic (exact) mass is 353 g/mol. The molecule has 0 aliphatic carbocycles. The first-order valence-electron chi connectivity index (χ1n) is 7.27. The number of carbonyl (C=O) groups is 1. The molecule has 2 rings (SSSR count).